The van der Waals surface area contributed by atoms with Crippen molar-refractivity contribution in [2.24, 2.45) is 0 Å². The molecule has 9 nitrogen and oxygen atoms in total. The normalized spacial score (nSPS) is 17.5. The molecule has 134 valence electrons. The number of pyridine rings is 1. The number of aromatic amines is 1. The van der Waals surface area contributed by atoms with E-state index in [1.165, 1.54) is 6.20 Å². The van der Waals surface area contributed by atoms with Gasteiger partial charge in [0, 0.05) is 13.1 Å². The van der Waals surface area contributed by atoms with Gasteiger partial charge in [-0.3, -0.25) is 4.79 Å². The van der Waals surface area contributed by atoms with Gasteiger partial charge in [-0.2, -0.15) is 5.10 Å². The van der Waals surface area contributed by atoms with Crippen LogP contribution >= 0.6 is 0 Å². The molecule has 3 N–H and O–H groups in total. The van der Waals surface area contributed by atoms with Gasteiger partial charge in [-0.15, -0.1) is 0 Å². The van der Waals surface area contributed by atoms with E-state index in [0.29, 0.717) is 34.8 Å². The molecule has 0 spiro atoms. The smallest absolute Gasteiger partial charge is 0.277 e. The van der Waals surface area contributed by atoms with E-state index in [0.717, 1.165) is 25.2 Å². The van der Waals surface area contributed by atoms with Crippen molar-refractivity contribution >= 4 is 28.2 Å². The van der Waals surface area contributed by atoms with E-state index in [1.807, 2.05) is 12.1 Å². The van der Waals surface area contributed by atoms with Crippen molar-refractivity contribution in [3.05, 3.63) is 40.7 Å². The lowest BCUT2D eigenvalue weighted by Crippen LogP contribution is -2.38. The fourth-order valence-corrected chi connectivity index (χ4v) is 3.16. The topological polar surface area (TPSA) is 120 Å². The van der Waals surface area contributed by atoms with Gasteiger partial charge in [0.05, 0.1) is 24.2 Å². The number of fused-ring (bicyclic) bond motifs is 1. The van der Waals surface area contributed by atoms with Crippen LogP contribution in [0.15, 0.2) is 29.3 Å². The van der Waals surface area contributed by atoms with Gasteiger partial charge in [0.15, 0.2) is 0 Å². The largest absolute Gasteiger partial charge is 0.391 e. The van der Waals surface area contributed by atoms with Crippen LogP contribution in [0.4, 0.5) is 17.3 Å². The molecule has 0 aliphatic carbocycles. The second-order valence-electron chi connectivity index (χ2n) is 6.35. The maximum atomic E-state index is 12.1. The third-order valence-electron chi connectivity index (χ3n) is 4.36. The third kappa shape index (κ3) is 3.21. The Morgan fingerprint density at radius 1 is 1.31 bits per heavy atom. The van der Waals surface area contributed by atoms with Gasteiger partial charge in [-0.05, 0) is 31.9 Å². The molecule has 1 unspecified atom stereocenters. The zero-order valence-electron chi connectivity index (χ0n) is 14.3. The van der Waals surface area contributed by atoms with Crippen molar-refractivity contribution in [2.75, 3.05) is 23.3 Å². The molecule has 0 radical (unpaired) electrons. The Morgan fingerprint density at radius 2 is 2.19 bits per heavy atom. The molecule has 9 heteroatoms. The fraction of sp³-hybridized carbons (Fsp3) is 0.353. The summed E-state index contributed by atoms with van der Waals surface area (Å²) in [7, 11) is 0. The summed E-state index contributed by atoms with van der Waals surface area (Å²) in [5.74, 6) is 1.78. The molecule has 3 aromatic heterocycles. The molecule has 1 aliphatic rings. The maximum Gasteiger partial charge on any atom is 0.277 e. The predicted octanol–water partition coefficient (Wildman–Crippen LogP) is 1.12. The Labute approximate surface area is 149 Å². The Bertz CT molecular complexity index is 987. The zero-order valence-corrected chi connectivity index (χ0v) is 14.3. The minimum atomic E-state index is -0.350. The van der Waals surface area contributed by atoms with Crippen LogP contribution in [-0.2, 0) is 0 Å². The minimum absolute atomic E-state index is 0.306. The first-order chi connectivity index (χ1) is 12.6. The molecular formula is C17H19N7O2. The van der Waals surface area contributed by atoms with Crippen molar-refractivity contribution in [3.63, 3.8) is 0 Å². The highest BCUT2D eigenvalue weighted by Crippen LogP contribution is 2.23. The molecule has 0 aromatic carbocycles. The number of aromatic nitrogens is 5. The molecule has 1 atom stereocenters. The molecule has 26 heavy (non-hydrogen) atoms. The summed E-state index contributed by atoms with van der Waals surface area (Å²) < 4.78 is 0. The Morgan fingerprint density at radius 3 is 2.96 bits per heavy atom. The molecule has 3 aromatic rings. The lowest BCUT2D eigenvalue weighted by molar-refractivity contribution is 0.154. The van der Waals surface area contributed by atoms with Crippen LogP contribution in [0.3, 0.4) is 0 Å². The Kier molecular flexibility index (Phi) is 4.21. The second-order valence-corrected chi connectivity index (χ2v) is 6.35. The summed E-state index contributed by atoms with van der Waals surface area (Å²) in [6.07, 6.45) is 4.67. The SMILES string of the molecule is Cc1nc(Nc2ccc(N3CCCC(O)C3)nc2)c2c(=O)[nH]ncc2n1. The van der Waals surface area contributed by atoms with Gasteiger partial charge in [-0.1, -0.05) is 0 Å². The Balaban J connectivity index is 1.62. The van der Waals surface area contributed by atoms with Crippen LogP contribution in [-0.4, -0.2) is 49.4 Å². The van der Waals surface area contributed by atoms with Crippen molar-refractivity contribution in [1.29, 1.82) is 0 Å². The van der Waals surface area contributed by atoms with E-state index in [2.05, 4.69) is 35.4 Å². The van der Waals surface area contributed by atoms with Crippen LogP contribution < -0.4 is 15.8 Å². The molecule has 1 fully saturated rings. The van der Waals surface area contributed by atoms with Gasteiger partial charge in [0.1, 0.15) is 28.4 Å². The fourth-order valence-electron chi connectivity index (χ4n) is 3.16. The van der Waals surface area contributed by atoms with Gasteiger partial charge in [0.2, 0.25) is 0 Å². The number of hydrogen-bond acceptors (Lipinski definition) is 8. The quantitative estimate of drug-likeness (QED) is 0.641. The van der Waals surface area contributed by atoms with Crippen molar-refractivity contribution < 1.29 is 5.11 Å². The van der Waals surface area contributed by atoms with E-state index >= 15 is 0 Å². The molecule has 1 saturated heterocycles. The first kappa shape index (κ1) is 16.4. The minimum Gasteiger partial charge on any atom is -0.391 e. The molecule has 1 aliphatic heterocycles. The van der Waals surface area contributed by atoms with Gasteiger partial charge in [0.25, 0.3) is 5.56 Å². The standard InChI is InChI=1S/C17H19N7O2/c1-10-20-13-8-19-23-17(26)15(13)16(21-10)22-11-4-5-14(18-7-11)24-6-2-3-12(25)9-24/h4-5,7-8,12,25H,2-3,6,9H2,1H3,(H,23,26)(H,20,21,22). The molecule has 0 amide bonds. The van der Waals surface area contributed by atoms with Crippen LogP contribution in [0.1, 0.15) is 18.7 Å². The van der Waals surface area contributed by atoms with Crippen LogP contribution in [0.25, 0.3) is 10.9 Å². The number of piperidine rings is 1. The maximum absolute atomic E-state index is 12.1. The average molecular weight is 353 g/mol. The predicted molar refractivity (Wildman–Crippen MR) is 97.7 cm³/mol. The average Bonchev–Trinajstić information content (AvgIpc) is 2.62. The van der Waals surface area contributed by atoms with Gasteiger partial charge < -0.3 is 15.3 Å². The number of rotatable bonds is 3. The van der Waals surface area contributed by atoms with Crippen molar-refractivity contribution in [1.82, 2.24) is 25.1 Å². The summed E-state index contributed by atoms with van der Waals surface area (Å²) in [5, 5.41) is 19.5. The van der Waals surface area contributed by atoms with Crippen molar-refractivity contribution in [2.45, 2.75) is 25.9 Å². The number of nitrogens with one attached hydrogen (secondary N) is 2. The highest BCUT2D eigenvalue weighted by Gasteiger charge is 2.18. The molecular weight excluding hydrogens is 334 g/mol. The third-order valence-corrected chi connectivity index (χ3v) is 4.36. The van der Waals surface area contributed by atoms with Gasteiger partial charge in [-0.25, -0.2) is 20.1 Å². The summed E-state index contributed by atoms with van der Waals surface area (Å²) in [6.45, 7) is 3.24. The van der Waals surface area contributed by atoms with Crippen LogP contribution in [0.5, 0.6) is 0 Å². The monoisotopic (exact) mass is 353 g/mol. The van der Waals surface area contributed by atoms with E-state index in [-0.39, 0.29) is 11.7 Å². The zero-order chi connectivity index (χ0) is 18.1. The molecule has 0 saturated carbocycles. The number of H-pyrrole nitrogens is 1. The number of anilines is 3. The van der Waals surface area contributed by atoms with Crippen LogP contribution in [0.2, 0.25) is 0 Å². The number of β-amino-alcohol motifs (C(OH)–C–C–N with tert-alkyl or cyclic N) is 1. The lowest BCUT2D eigenvalue weighted by Gasteiger charge is -2.31. The summed E-state index contributed by atoms with van der Waals surface area (Å²) >= 11 is 0. The highest BCUT2D eigenvalue weighted by atomic mass is 16.3. The van der Waals surface area contributed by atoms with Crippen molar-refractivity contribution in [3.8, 4) is 0 Å². The van der Waals surface area contributed by atoms with E-state index < -0.39 is 0 Å². The summed E-state index contributed by atoms with van der Waals surface area (Å²) in [6, 6.07) is 3.77. The molecule has 4 heterocycles. The first-order valence-electron chi connectivity index (χ1n) is 8.48. The first-order valence-corrected chi connectivity index (χ1v) is 8.48. The highest BCUT2D eigenvalue weighted by molar-refractivity contribution is 5.89. The number of aliphatic hydroxyl groups excluding tert-OH is 1. The Hall–Kier alpha value is -3.07. The van der Waals surface area contributed by atoms with E-state index in [4.69, 9.17) is 0 Å². The summed E-state index contributed by atoms with van der Waals surface area (Å²) in [4.78, 5) is 27.2. The van der Waals surface area contributed by atoms with E-state index in [9.17, 15) is 9.90 Å². The van der Waals surface area contributed by atoms with Gasteiger partial charge >= 0.3 is 0 Å². The van der Waals surface area contributed by atoms with Crippen LogP contribution in [0, 0.1) is 6.92 Å². The second kappa shape index (κ2) is 6.68. The van der Waals surface area contributed by atoms with E-state index in [1.54, 1.807) is 13.1 Å². The number of aryl methyl sites for hydroxylation is 1. The number of hydrogen-bond donors (Lipinski definition) is 3. The number of nitrogens with zero attached hydrogens (tertiary/aromatic N) is 5. The lowest BCUT2D eigenvalue weighted by atomic mass is 10.1. The molecule has 4 rings (SSSR count). The number of aliphatic hydroxyl groups is 1. The summed E-state index contributed by atoms with van der Waals surface area (Å²) in [5.41, 5.74) is 0.842. The molecule has 0 bridgehead atoms.